The van der Waals surface area contributed by atoms with E-state index < -0.39 is 48.0 Å². The van der Waals surface area contributed by atoms with Gasteiger partial charge in [-0.1, -0.05) is 39.0 Å². The normalized spacial score (nSPS) is 37.0. The number of ether oxygens (including phenoxy) is 3. The van der Waals surface area contributed by atoms with Crippen LogP contribution in [0.5, 0.6) is 0 Å². The third kappa shape index (κ3) is 6.92. The first-order valence-electron chi connectivity index (χ1n) is 15.2. The molecule has 10 heteroatoms. The number of H-pyrrole nitrogens is 1. The first-order chi connectivity index (χ1) is 19.9. The Morgan fingerprint density at radius 3 is 2.74 bits per heavy atom. The summed E-state index contributed by atoms with van der Waals surface area (Å²) in [6.07, 6.45) is 6.48. The van der Waals surface area contributed by atoms with Crippen molar-refractivity contribution < 1.29 is 38.8 Å². The predicted molar refractivity (Wildman–Crippen MR) is 155 cm³/mol. The number of hydrogen-bond donors (Lipinski definition) is 4. The van der Waals surface area contributed by atoms with Gasteiger partial charge in [0.2, 0.25) is 0 Å². The maximum atomic E-state index is 12.9. The lowest BCUT2D eigenvalue weighted by Gasteiger charge is -2.44. The van der Waals surface area contributed by atoms with Gasteiger partial charge in [-0.05, 0) is 63.2 Å². The molecule has 2 heterocycles. The van der Waals surface area contributed by atoms with Crippen LogP contribution in [-0.2, 0) is 19.0 Å². The number of aliphatic hydroxyl groups excluding tert-OH is 1. The van der Waals surface area contributed by atoms with Crippen molar-refractivity contribution in [3.8, 4) is 0 Å². The smallest absolute Gasteiger partial charge is 0.407 e. The highest BCUT2D eigenvalue weighted by Gasteiger charge is 2.50. The van der Waals surface area contributed by atoms with Crippen LogP contribution in [0, 0.1) is 29.6 Å². The van der Waals surface area contributed by atoms with Gasteiger partial charge in [0.05, 0.1) is 11.7 Å². The van der Waals surface area contributed by atoms with E-state index in [2.05, 4.69) is 10.3 Å². The molecule has 3 aliphatic rings. The van der Waals surface area contributed by atoms with Crippen LogP contribution in [-0.4, -0.2) is 69.8 Å². The molecule has 1 unspecified atom stereocenters. The largest absolute Gasteiger partial charge is 0.458 e. The Kier molecular flexibility index (Phi) is 10.2. The second-order valence-electron chi connectivity index (χ2n) is 12.3. The van der Waals surface area contributed by atoms with Gasteiger partial charge in [0.25, 0.3) is 0 Å². The first-order valence-corrected chi connectivity index (χ1v) is 15.2. The number of nitrogens with one attached hydrogen (secondary N) is 2. The van der Waals surface area contributed by atoms with Crippen LogP contribution in [0.1, 0.15) is 77.2 Å². The number of esters is 2. The molecule has 2 aliphatic carbocycles. The van der Waals surface area contributed by atoms with Gasteiger partial charge in [0.15, 0.2) is 0 Å². The molecule has 0 saturated heterocycles. The molecule has 4 rings (SSSR count). The summed E-state index contributed by atoms with van der Waals surface area (Å²) in [6.45, 7) is 9.77. The zero-order valence-corrected chi connectivity index (χ0v) is 25.2. The Hall–Kier alpha value is -3.11. The number of cyclic esters (lactones) is 1. The van der Waals surface area contributed by atoms with Gasteiger partial charge in [-0.3, -0.25) is 4.79 Å². The van der Waals surface area contributed by atoms with E-state index in [1.54, 1.807) is 25.3 Å². The summed E-state index contributed by atoms with van der Waals surface area (Å²) in [5, 5.41) is 25.7. The fourth-order valence-corrected chi connectivity index (χ4v) is 6.84. The molecular formula is C32H46N2O8. The molecule has 10 nitrogen and oxygen atoms in total. The number of carbonyl (C=O) groups is 3. The summed E-state index contributed by atoms with van der Waals surface area (Å²) in [5.74, 6) is -2.17. The number of aromatic amines is 1. The van der Waals surface area contributed by atoms with E-state index in [9.17, 15) is 24.6 Å². The predicted octanol–water partition coefficient (Wildman–Crippen LogP) is 4.29. The van der Waals surface area contributed by atoms with Crippen LogP contribution in [0.3, 0.4) is 0 Å². The number of aromatic nitrogens is 1. The first kappa shape index (κ1) is 31.8. The zero-order chi connectivity index (χ0) is 30.6. The number of alkyl carbamates (subject to hydrolysis) is 1. The molecule has 1 aliphatic heterocycles. The minimum Gasteiger partial charge on any atom is -0.458 e. The fraction of sp³-hybridized carbons (Fsp3) is 0.656. The van der Waals surface area contributed by atoms with Crippen molar-refractivity contribution in [1.82, 2.24) is 10.3 Å². The standard InChI is InChI=1S/C32H46N2O8/c1-6-13-34-31(38)40-21(5)28-18(2)15-19(3)32(39)17-22(9-10-23(32)11-12-27(36)41-28)24-16-26(35)20(4)29(24)42-30(37)25-8-7-14-33-25/h7-10,14-15,18,20-24,26,28-29,33,35,39H,6,11-13,16-17H2,1-5H3,(H,34,38)/b19-15+/t18-,20-,21-,22?,23-,24-,26+,28+,29-,32+/m1/s1. The molecule has 1 saturated carbocycles. The average Bonchev–Trinajstić information content (AvgIpc) is 3.58. The van der Waals surface area contributed by atoms with E-state index in [1.807, 2.05) is 45.9 Å². The molecule has 1 amide bonds. The number of rotatable bonds is 7. The van der Waals surface area contributed by atoms with E-state index in [0.29, 0.717) is 31.5 Å². The van der Waals surface area contributed by atoms with Crippen molar-refractivity contribution in [3.63, 3.8) is 0 Å². The number of carbonyl (C=O) groups excluding carboxylic acids is 3. The van der Waals surface area contributed by atoms with Crippen molar-refractivity contribution in [3.05, 3.63) is 47.8 Å². The molecule has 42 heavy (non-hydrogen) atoms. The molecule has 0 radical (unpaired) electrons. The van der Waals surface area contributed by atoms with Crippen LogP contribution in [0.15, 0.2) is 42.1 Å². The highest BCUT2D eigenvalue weighted by molar-refractivity contribution is 5.87. The highest BCUT2D eigenvalue weighted by atomic mass is 16.6. The van der Waals surface area contributed by atoms with E-state index >= 15 is 0 Å². The Balaban J connectivity index is 1.56. The number of fused-ring (bicyclic) bond motifs is 1. The zero-order valence-electron chi connectivity index (χ0n) is 25.2. The van der Waals surface area contributed by atoms with Crippen LogP contribution in [0.25, 0.3) is 0 Å². The summed E-state index contributed by atoms with van der Waals surface area (Å²) in [4.78, 5) is 40.8. The fourth-order valence-electron chi connectivity index (χ4n) is 6.84. The maximum absolute atomic E-state index is 12.9. The number of allylic oxidation sites excluding steroid dienone is 1. The second-order valence-corrected chi connectivity index (χ2v) is 12.3. The molecule has 4 N–H and O–H groups in total. The third-order valence-corrected chi connectivity index (χ3v) is 9.34. The lowest BCUT2D eigenvalue weighted by Crippen LogP contribution is -2.47. The molecule has 10 atom stereocenters. The van der Waals surface area contributed by atoms with E-state index in [0.717, 1.165) is 12.0 Å². The molecule has 1 aromatic heterocycles. The van der Waals surface area contributed by atoms with Crippen molar-refractivity contribution in [1.29, 1.82) is 0 Å². The van der Waals surface area contributed by atoms with Crippen molar-refractivity contribution in [2.24, 2.45) is 29.6 Å². The topological polar surface area (TPSA) is 147 Å². The Morgan fingerprint density at radius 2 is 2.05 bits per heavy atom. The van der Waals surface area contributed by atoms with Crippen LogP contribution in [0.2, 0.25) is 0 Å². The number of hydrogen-bond acceptors (Lipinski definition) is 8. The summed E-state index contributed by atoms with van der Waals surface area (Å²) in [7, 11) is 0. The van der Waals surface area contributed by atoms with Crippen LogP contribution in [0.4, 0.5) is 4.79 Å². The molecule has 1 aromatic rings. The molecular weight excluding hydrogens is 540 g/mol. The second kappa shape index (κ2) is 13.5. The average molecular weight is 587 g/mol. The minimum atomic E-state index is -1.26. The summed E-state index contributed by atoms with van der Waals surface area (Å²) < 4.78 is 17.3. The molecule has 0 bridgehead atoms. The summed E-state index contributed by atoms with van der Waals surface area (Å²) >= 11 is 0. The molecule has 0 spiro atoms. The van der Waals surface area contributed by atoms with Gasteiger partial charge in [-0.2, -0.15) is 0 Å². The lowest BCUT2D eigenvalue weighted by atomic mass is 9.66. The van der Waals surface area contributed by atoms with E-state index in [4.69, 9.17) is 14.2 Å². The van der Waals surface area contributed by atoms with Crippen molar-refractivity contribution in [2.45, 2.75) is 96.7 Å². The van der Waals surface area contributed by atoms with Crippen molar-refractivity contribution in [2.75, 3.05) is 6.54 Å². The van der Waals surface area contributed by atoms with Gasteiger partial charge in [-0.25, -0.2) is 9.59 Å². The Labute approximate surface area is 247 Å². The third-order valence-electron chi connectivity index (χ3n) is 9.34. The molecule has 0 aromatic carbocycles. The number of amides is 1. The Morgan fingerprint density at radius 1 is 1.29 bits per heavy atom. The summed E-state index contributed by atoms with van der Waals surface area (Å²) in [5.41, 5.74) is -0.169. The Bertz CT molecular complexity index is 1160. The van der Waals surface area contributed by atoms with Gasteiger partial charge in [-0.15, -0.1) is 0 Å². The van der Waals surface area contributed by atoms with Gasteiger partial charge in [0.1, 0.15) is 24.0 Å². The molecule has 232 valence electrons. The lowest BCUT2D eigenvalue weighted by molar-refractivity contribution is -0.158. The highest BCUT2D eigenvalue weighted by Crippen LogP contribution is 2.48. The van der Waals surface area contributed by atoms with Gasteiger partial charge >= 0.3 is 18.0 Å². The summed E-state index contributed by atoms with van der Waals surface area (Å²) in [6, 6.07) is 3.38. The minimum absolute atomic E-state index is 0.1000. The SMILES string of the molecule is CCCNC(=O)O[C@H](C)[C@H]1OC(=O)CC[C@H]2C=CC([C@H]3C[C@H](O)[C@@H](C)[C@H]3OC(=O)c3ccc[nH]3)C[C@]2(O)/C(C)=C/[C@H]1C. The monoisotopic (exact) mass is 586 g/mol. The maximum Gasteiger partial charge on any atom is 0.407 e. The van der Waals surface area contributed by atoms with E-state index in [1.165, 1.54) is 0 Å². The molecule has 1 fully saturated rings. The van der Waals surface area contributed by atoms with E-state index in [-0.39, 0.29) is 36.0 Å². The van der Waals surface area contributed by atoms with Crippen LogP contribution >= 0.6 is 0 Å². The van der Waals surface area contributed by atoms with Crippen LogP contribution < -0.4 is 5.32 Å². The van der Waals surface area contributed by atoms with Gasteiger partial charge in [0, 0.05) is 42.8 Å². The van der Waals surface area contributed by atoms with Gasteiger partial charge < -0.3 is 34.7 Å². The number of aliphatic hydroxyl groups is 2. The quantitative estimate of drug-likeness (QED) is 0.210. The van der Waals surface area contributed by atoms with Crippen molar-refractivity contribution >= 4 is 18.0 Å².